The van der Waals surface area contributed by atoms with Gasteiger partial charge in [-0.1, -0.05) is 0 Å². The topological polar surface area (TPSA) is 159 Å². The fourth-order valence-electron chi connectivity index (χ4n) is 4.69. The third-order valence-electron chi connectivity index (χ3n) is 6.67. The van der Waals surface area contributed by atoms with E-state index in [1.54, 1.807) is 13.0 Å². The van der Waals surface area contributed by atoms with Gasteiger partial charge in [0.05, 0.1) is 21.8 Å². The molecule has 2 unspecified atom stereocenters. The molecule has 0 spiro atoms. The maximum atomic E-state index is 14.0. The molecule has 1 saturated heterocycles. The lowest BCUT2D eigenvalue weighted by Gasteiger charge is -2.22. The highest BCUT2D eigenvalue weighted by Gasteiger charge is 2.66. The van der Waals surface area contributed by atoms with Gasteiger partial charge in [0.25, 0.3) is 0 Å². The maximum Gasteiger partial charge on any atom is 0.417 e. The SMILES string of the molecule is Cc1nccn1-c1ccc(S(=O)(=O)[C@@H]2C[C@@H](C(=O)O)N(C3CC3(C#N)C(N)=O)C2)c(C(F)(F)F)c1.Cl. The molecule has 3 N–H and O–H groups in total. The molecule has 0 bridgehead atoms. The minimum atomic E-state index is -5.02. The Morgan fingerprint density at radius 1 is 1.33 bits per heavy atom. The largest absolute Gasteiger partial charge is 0.480 e. The van der Waals surface area contributed by atoms with Crippen LogP contribution in [0.4, 0.5) is 13.2 Å². The summed E-state index contributed by atoms with van der Waals surface area (Å²) in [7, 11) is -4.67. The molecule has 4 atom stereocenters. The number of nitrogens with two attached hydrogens (primary N) is 1. The molecule has 1 aliphatic heterocycles. The number of aromatic nitrogens is 2. The fraction of sp³-hybridized carbons (Fsp3) is 0.429. The summed E-state index contributed by atoms with van der Waals surface area (Å²) >= 11 is 0. The van der Waals surface area contributed by atoms with Crippen LogP contribution in [0.25, 0.3) is 5.69 Å². The molecule has 1 saturated carbocycles. The number of likely N-dealkylation sites (tertiary alicyclic amines) is 1. The van der Waals surface area contributed by atoms with Crippen LogP contribution in [-0.2, 0) is 25.6 Å². The number of benzene rings is 1. The first-order valence-electron chi connectivity index (χ1n) is 10.4. The van der Waals surface area contributed by atoms with Crippen LogP contribution in [0.1, 0.15) is 24.2 Å². The molecule has 4 rings (SSSR count). The summed E-state index contributed by atoms with van der Waals surface area (Å²) in [5.41, 5.74) is 2.29. The van der Waals surface area contributed by atoms with Crippen molar-refractivity contribution in [1.82, 2.24) is 14.5 Å². The molecule has 1 aromatic carbocycles. The predicted octanol–water partition coefficient (Wildman–Crippen LogP) is 1.69. The van der Waals surface area contributed by atoms with Gasteiger partial charge < -0.3 is 15.4 Å². The van der Waals surface area contributed by atoms with E-state index < -0.39 is 74.1 Å². The van der Waals surface area contributed by atoms with Crippen molar-refractivity contribution in [3.8, 4) is 11.8 Å². The molecule has 2 aliphatic rings. The minimum Gasteiger partial charge on any atom is -0.480 e. The summed E-state index contributed by atoms with van der Waals surface area (Å²) in [5, 5.41) is 17.5. The van der Waals surface area contributed by atoms with Gasteiger partial charge in [0, 0.05) is 30.7 Å². The van der Waals surface area contributed by atoms with E-state index in [4.69, 9.17) is 5.73 Å². The Bertz CT molecular complexity index is 1370. The molecule has 2 aromatic rings. The van der Waals surface area contributed by atoms with Crippen molar-refractivity contribution >= 4 is 34.1 Å². The van der Waals surface area contributed by atoms with Gasteiger partial charge >= 0.3 is 12.1 Å². The zero-order valence-electron chi connectivity index (χ0n) is 18.6. The third kappa shape index (κ3) is 4.31. The summed E-state index contributed by atoms with van der Waals surface area (Å²) in [6.07, 6.45) is -2.79. The number of carboxylic acid groups (broad SMARTS) is 1. The Hall–Kier alpha value is -3.15. The Morgan fingerprint density at radius 3 is 2.47 bits per heavy atom. The van der Waals surface area contributed by atoms with Crippen LogP contribution in [0, 0.1) is 23.7 Å². The summed E-state index contributed by atoms with van der Waals surface area (Å²) < 4.78 is 70.0. The Balaban J connectivity index is 0.00000361. The van der Waals surface area contributed by atoms with Gasteiger partial charge in [0.1, 0.15) is 11.9 Å². The molecule has 0 radical (unpaired) electrons. The third-order valence-corrected chi connectivity index (χ3v) is 8.86. The number of carbonyl (C=O) groups excluding carboxylic acids is 1. The van der Waals surface area contributed by atoms with Gasteiger partial charge in [0.2, 0.25) is 5.91 Å². The number of sulfone groups is 1. The number of carbonyl (C=O) groups is 2. The Morgan fingerprint density at radius 2 is 2.00 bits per heavy atom. The number of aryl methyl sites for hydroxylation is 1. The molecule has 194 valence electrons. The average molecular weight is 548 g/mol. The van der Waals surface area contributed by atoms with E-state index in [-0.39, 0.29) is 24.5 Å². The number of rotatable bonds is 6. The molecule has 10 nitrogen and oxygen atoms in total. The number of primary amides is 1. The first kappa shape index (κ1) is 27.4. The molecular formula is C21H21ClF3N5O5S. The van der Waals surface area contributed by atoms with Crippen LogP contribution in [0.15, 0.2) is 35.5 Å². The van der Waals surface area contributed by atoms with Crippen LogP contribution >= 0.6 is 12.4 Å². The zero-order valence-corrected chi connectivity index (χ0v) is 20.3. The first-order valence-corrected chi connectivity index (χ1v) is 11.9. The molecule has 1 aromatic heterocycles. The fourth-order valence-corrected chi connectivity index (χ4v) is 6.59. The van der Waals surface area contributed by atoms with E-state index in [2.05, 4.69) is 4.98 Å². The predicted molar refractivity (Wildman–Crippen MR) is 120 cm³/mol. The van der Waals surface area contributed by atoms with Crippen LogP contribution in [0.3, 0.4) is 0 Å². The number of carboxylic acids is 1. The number of amides is 1. The van der Waals surface area contributed by atoms with E-state index >= 15 is 0 Å². The number of aliphatic carboxylic acids is 1. The van der Waals surface area contributed by atoms with Gasteiger partial charge in [-0.2, -0.15) is 18.4 Å². The molecule has 15 heteroatoms. The van der Waals surface area contributed by atoms with Crippen molar-refractivity contribution in [1.29, 1.82) is 5.26 Å². The van der Waals surface area contributed by atoms with E-state index in [1.807, 2.05) is 0 Å². The van der Waals surface area contributed by atoms with Crippen LogP contribution in [-0.4, -0.2) is 63.7 Å². The van der Waals surface area contributed by atoms with E-state index in [0.29, 0.717) is 11.9 Å². The van der Waals surface area contributed by atoms with Crippen molar-refractivity contribution in [3.05, 3.63) is 42.0 Å². The standard InChI is InChI=1S/C21H20F3N5O5S.ClH/c1-11-27-4-5-28(11)12-2-3-16(14(6-12)21(22,23)24)35(33,34)13-7-15(18(30)31)29(9-13)17-8-20(17,10-25)19(26)32;/h2-6,13,15,17H,7-9H2,1H3,(H2,26,32)(H,30,31);1H/t13-,15+,17?,20?;/m1./s1. The first-order chi connectivity index (χ1) is 16.2. The highest BCUT2D eigenvalue weighted by Crippen LogP contribution is 2.51. The second kappa shape index (κ2) is 9.06. The van der Waals surface area contributed by atoms with E-state index in [1.165, 1.54) is 27.9 Å². The molecule has 36 heavy (non-hydrogen) atoms. The Kier molecular flexibility index (Phi) is 6.90. The van der Waals surface area contributed by atoms with E-state index in [0.717, 1.165) is 6.07 Å². The number of halogens is 4. The second-order valence-corrected chi connectivity index (χ2v) is 10.8. The number of alkyl halides is 3. The summed E-state index contributed by atoms with van der Waals surface area (Å²) in [4.78, 5) is 27.7. The van der Waals surface area contributed by atoms with Crippen molar-refractivity contribution in [3.63, 3.8) is 0 Å². The zero-order chi connectivity index (χ0) is 25.9. The highest BCUT2D eigenvalue weighted by molar-refractivity contribution is 7.92. The lowest BCUT2D eigenvalue weighted by Crippen LogP contribution is -2.42. The lowest BCUT2D eigenvalue weighted by atomic mass is 10.1. The monoisotopic (exact) mass is 547 g/mol. The maximum absolute atomic E-state index is 14.0. The summed E-state index contributed by atoms with van der Waals surface area (Å²) in [5.74, 6) is -1.98. The van der Waals surface area contributed by atoms with Crippen LogP contribution in [0.5, 0.6) is 0 Å². The normalized spacial score (nSPS) is 26.1. The number of nitrogens with zero attached hydrogens (tertiary/aromatic N) is 4. The van der Waals surface area contributed by atoms with Gasteiger partial charge in [-0.05, 0) is 38.0 Å². The van der Waals surface area contributed by atoms with Crippen molar-refractivity contribution in [2.45, 2.75) is 48.2 Å². The van der Waals surface area contributed by atoms with Crippen LogP contribution < -0.4 is 5.73 Å². The summed E-state index contributed by atoms with van der Waals surface area (Å²) in [6, 6.07) is 2.20. The molecule has 2 heterocycles. The molecule has 1 amide bonds. The van der Waals surface area contributed by atoms with Gasteiger partial charge in [-0.3, -0.25) is 14.5 Å². The number of hydrogen-bond acceptors (Lipinski definition) is 7. The van der Waals surface area contributed by atoms with Gasteiger partial charge in [-0.25, -0.2) is 13.4 Å². The Labute approximate surface area is 209 Å². The number of hydrogen-bond donors (Lipinski definition) is 2. The minimum absolute atomic E-state index is 0. The molecule has 2 fully saturated rings. The van der Waals surface area contributed by atoms with Crippen molar-refractivity contribution in [2.24, 2.45) is 11.1 Å². The molecule has 1 aliphatic carbocycles. The van der Waals surface area contributed by atoms with E-state index in [9.17, 15) is 41.5 Å². The quantitative estimate of drug-likeness (QED) is 0.552. The van der Waals surface area contributed by atoms with Crippen LogP contribution in [0.2, 0.25) is 0 Å². The van der Waals surface area contributed by atoms with Gasteiger partial charge in [-0.15, -0.1) is 12.4 Å². The average Bonchev–Trinajstić information content (AvgIpc) is 3.11. The van der Waals surface area contributed by atoms with Crippen molar-refractivity contribution in [2.75, 3.05) is 6.54 Å². The molecular weight excluding hydrogens is 527 g/mol. The lowest BCUT2D eigenvalue weighted by molar-refractivity contribution is -0.143. The highest BCUT2D eigenvalue weighted by atomic mass is 35.5. The second-order valence-electron chi connectivity index (χ2n) is 8.64. The smallest absolute Gasteiger partial charge is 0.417 e. The number of nitriles is 1. The van der Waals surface area contributed by atoms with Gasteiger partial charge in [0.15, 0.2) is 15.3 Å². The summed E-state index contributed by atoms with van der Waals surface area (Å²) in [6.45, 7) is 1.11. The number of imidazole rings is 1. The van der Waals surface area contributed by atoms with Crippen molar-refractivity contribution < 1.29 is 36.3 Å².